The van der Waals surface area contributed by atoms with Gasteiger partial charge in [0.1, 0.15) is 6.54 Å². The van der Waals surface area contributed by atoms with Crippen molar-refractivity contribution in [3.63, 3.8) is 0 Å². The zero-order valence-corrected chi connectivity index (χ0v) is 15.2. The van der Waals surface area contributed by atoms with Gasteiger partial charge in [-0.1, -0.05) is 0 Å². The van der Waals surface area contributed by atoms with Crippen LogP contribution in [0, 0.1) is 5.41 Å². The maximum absolute atomic E-state index is 12.5. The number of rotatable bonds is 6. The lowest BCUT2D eigenvalue weighted by Crippen LogP contribution is -2.46. The van der Waals surface area contributed by atoms with E-state index in [1.54, 1.807) is 24.3 Å². The van der Waals surface area contributed by atoms with Gasteiger partial charge in [-0.2, -0.15) is 0 Å². The molecule has 142 valence electrons. The highest BCUT2D eigenvalue weighted by atomic mass is 16.5. The van der Waals surface area contributed by atoms with Gasteiger partial charge in [-0.3, -0.25) is 14.2 Å². The van der Waals surface area contributed by atoms with Crippen molar-refractivity contribution in [3.8, 4) is 0 Å². The molecule has 0 bridgehead atoms. The second-order valence-electron chi connectivity index (χ2n) is 7.25. The molecule has 2 saturated heterocycles. The number of piperidine rings is 1. The molecule has 1 aromatic heterocycles. The van der Waals surface area contributed by atoms with Crippen molar-refractivity contribution < 1.29 is 14.3 Å². The van der Waals surface area contributed by atoms with Gasteiger partial charge in [0, 0.05) is 64.1 Å². The third kappa shape index (κ3) is 4.12. The Morgan fingerprint density at radius 3 is 2.77 bits per heavy atom. The summed E-state index contributed by atoms with van der Waals surface area (Å²) < 4.78 is 6.38. The zero-order chi connectivity index (χ0) is 18.6. The van der Waals surface area contributed by atoms with Gasteiger partial charge < -0.3 is 14.5 Å². The minimum atomic E-state index is -0.414. The lowest BCUT2D eigenvalue weighted by Gasteiger charge is -2.38. The Labute approximate surface area is 152 Å². The highest BCUT2D eigenvalue weighted by molar-refractivity contribution is 5.80. The third-order valence-corrected chi connectivity index (χ3v) is 5.45. The fraction of sp³-hybridized carbons (Fsp3) is 0.667. The van der Waals surface area contributed by atoms with Gasteiger partial charge in [0.2, 0.25) is 11.8 Å². The Morgan fingerprint density at radius 1 is 1.31 bits per heavy atom. The number of methoxy groups -OCH3 is 1. The van der Waals surface area contributed by atoms with E-state index in [0.717, 1.165) is 32.4 Å². The first-order chi connectivity index (χ1) is 12.5. The first-order valence-corrected chi connectivity index (χ1v) is 9.09. The van der Waals surface area contributed by atoms with Crippen LogP contribution in [0.3, 0.4) is 0 Å². The van der Waals surface area contributed by atoms with Gasteiger partial charge in [0.25, 0.3) is 0 Å². The van der Waals surface area contributed by atoms with Gasteiger partial charge in [-0.05, 0) is 25.3 Å². The van der Waals surface area contributed by atoms with E-state index >= 15 is 0 Å². The summed E-state index contributed by atoms with van der Waals surface area (Å²) in [6.07, 6.45) is 6.07. The Kier molecular flexibility index (Phi) is 5.70. The SMILES string of the molecule is COCCCN1CC2(CCN(C(=O)Cn3cccnc3=O)CC2)CC1=O. The van der Waals surface area contributed by atoms with Crippen LogP contribution in [0.1, 0.15) is 25.7 Å². The molecular formula is C18H26N4O4. The lowest BCUT2D eigenvalue weighted by molar-refractivity contribution is -0.134. The lowest BCUT2D eigenvalue weighted by atomic mass is 9.77. The minimum absolute atomic E-state index is 0.00786. The summed E-state index contributed by atoms with van der Waals surface area (Å²) in [6.45, 7) is 3.45. The standard InChI is InChI=1S/C18H26N4O4/c1-26-11-3-8-22-14-18(12-15(22)23)4-9-20(10-5-18)16(24)13-21-7-2-6-19-17(21)25/h2,6-7H,3-5,8-14H2,1H3. The molecule has 26 heavy (non-hydrogen) atoms. The van der Waals surface area contributed by atoms with Crippen LogP contribution in [0.25, 0.3) is 0 Å². The fourth-order valence-corrected chi connectivity index (χ4v) is 3.90. The van der Waals surface area contributed by atoms with Crippen LogP contribution in [-0.2, 0) is 20.9 Å². The van der Waals surface area contributed by atoms with E-state index in [9.17, 15) is 14.4 Å². The molecular weight excluding hydrogens is 336 g/mol. The van der Waals surface area contributed by atoms with Crippen molar-refractivity contribution in [2.24, 2.45) is 5.41 Å². The van der Waals surface area contributed by atoms with Gasteiger partial charge in [-0.25, -0.2) is 9.78 Å². The van der Waals surface area contributed by atoms with E-state index in [1.807, 2.05) is 4.90 Å². The second kappa shape index (κ2) is 7.99. The number of ether oxygens (including phenoxy) is 1. The van der Waals surface area contributed by atoms with Gasteiger partial charge in [0.05, 0.1) is 0 Å². The first kappa shape index (κ1) is 18.6. The van der Waals surface area contributed by atoms with Crippen LogP contribution in [-0.4, -0.2) is 71.1 Å². The molecule has 1 aromatic rings. The molecule has 2 aliphatic heterocycles. The Morgan fingerprint density at radius 2 is 2.08 bits per heavy atom. The van der Waals surface area contributed by atoms with Crippen LogP contribution < -0.4 is 5.69 Å². The van der Waals surface area contributed by atoms with Crippen LogP contribution in [0.2, 0.25) is 0 Å². The summed E-state index contributed by atoms with van der Waals surface area (Å²) >= 11 is 0. The number of hydrogen-bond donors (Lipinski definition) is 0. The summed E-state index contributed by atoms with van der Waals surface area (Å²) in [7, 11) is 1.67. The van der Waals surface area contributed by atoms with E-state index in [2.05, 4.69) is 4.98 Å². The van der Waals surface area contributed by atoms with Gasteiger partial charge in [-0.15, -0.1) is 0 Å². The van der Waals surface area contributed by atoms with Crippen LogP contribution in [0.4, 0.5) is 0 Å². The maximum atomic E-state index is 12.5. The predicted octanol–water partition coefficient (Wildman–Crippen LogP) is 0.121. The normalized spacial score (nSPS) is 19.3. The Balaban J connectivity index is 1.52. The number of hydrogen-bond acceptors (Lipinski definition) is 5. The van der Waals surface area contributed by atoms with Crippen LogP contribution >= 0.6 is 0 Å². The van der Waals surface area contributed by atoms with Crippen molar-refractivity contribution >= 4 is 11.8 Å². The number of carbonyl (C=O) groups is 2. The minimum Gasteiger partial charge on any atom is -0.385 e. The van der Waals surface area contributed by atoms with Crippen LogP contribution in [0.5, 0.6) is 0 Å². The number of carbonyl (C=O) groups excluding carboxylic acids is 2. The van der Waals surface area contributed by atoms with E-state index in [4.69, 9.17) is 4.74 Å². The molecule has 0 unspecified atom stereocenters. The van der Waals surface area contributed by atoms with Crippen molar-refractivity contribution in [2.75, 3.05) is 39.9 Å². The van der Waals surface area contributed by atoms with E-state index in [0.29, 0.717) is 26.1 Å². The summed E-state index contributed by atoms with van der Waals surface area (Å²) in [6, 6.07) is 1.64. The van der Waals surface area contributed by atoms with E-state index < -0.39 is 5.69 Å². The highest BCUT2D eigenvalue weighted by Crippen LogP contribution is 2.41. The molecule has 0 N–H and O–H groups in total. The molecule has 0 saturated carbocycles. The quantitative estimate of drug-likeness (QED) is 0.671. The molecule has 8 heteroatoms. The first-order valence-electron chi connectivity index (χ1n) is 9.09. The number of amides is 2. The molecule has 3 rings (SSSR count). The molecule has 2 aliphatic rings. The second-order valence-corrected chi connectivity index (χ2v) is 7.25. The molecule has 0 aliphatic carbocycles. The predicted molar refractivity (Wildman–Crippen MR) is 94.4 cm³/mol. The fourth-order valence-electron chi connectivity index (χ4n) is 3.90. The summed E-state index contributed by atoms with van der Waals surface area (Å²) in [5.41, 5.74) is -0.422. The molecule has 0 radical (unpaired) electrons. The summed E-state index contributed by atoms with van der Waals surface area (Å²) in [5.74, 6) is 0.138. The molecule has 2 fully saturated rings. The molecule has 0 atom stereocenters. The summed E-state index contributed by atoms with van der Waals surface area (Å²) in [4.78, 5) is 43.8. The third-order valence-electron chi connectivity index (χ3n) is 5.45. The molecule has 0 aromatic carbocycles. The Hall–Kier alpha value is -2.22. The van der Waals surface area contributed by atoms with Crippen molar-refractivity contribution in [1.29, 1.82) is 0 Å². The maximum Gasteiger partial charge on any atom is 0.347 e. The van der Waals surface area contributed by atoms with Gasteiger partial charge in [0.15, 0.2) is 0 Å². The smallest absolute Gasteiger partial charge is 0.347 e. The van der Waals surface area contributed by atoms with E-state index in [-0.39, 0.29) is 23.8 Å². The highest BCUT2D eigenvalue weighted by Gasteiger charge is 2.45. The van der Waals surface area contributed by atoms with Crippen molar-refractivity contribution in [1.82, 2.24) is 19.4 Å². The monoisotopic (exact) mass is 362 g/mol. The molecule has 8 nitrogen and oxygen atoms in total. The van der Waals surface area contributed by atoms with Gasteiger partial charge >= 0.3 is 5.69 Å². The summed E-state index contributed by atoms with van der Waals surface area (Å²) in [5, 5.41) is 0. The van der Waals surface area contributed by atoms with E-state index in [1.165, 1.54) is 10.8 Å². The molecule has 2 amide bonds. The average molecular weight is 362 g/mol. The Bertz CT molecular complexity index is 709. The zero-order valence-electron chi connectivity index (χ0n) is 15.2. The average Bonchev–Trinajstić information content (AvgIpc) is 2.93. The number of nitrogens with zero attached hydrogens (tertiary/aromatic N) is 4. The molecule has 1 spiro atoms. The van der Waals surface area contributed by atoms with Crippen molar-refractivity contribution in [3.05, 3.63) is 28.9 Å². The largest absolute Gasteiger partial charge is 0.385 e. The topological polar surface area (TPSA) is 84.7 Å². The molecule has 3 heterocycles. The van der Waals surface area contributed by atoms with Crippen molar-refractivity contribution in [2.45, 2.75) is 32.2 Å². The number of likely N-dealkylation sites (tertiary alicyclic amines) is 2. The van der Waals surface area contributed by atoms with Crippen LogP contribution in [0.15, 0.2) is 23.3 Å². The number of aromatic nitrogens is 2.